The summed E-state index contributed by atoms with van der Waals surface area (Å²) in [6.07, 6.45) is 2.74. The summed E-state index contributed by atoms with van der Waals surface area (Å²) in [7, 11) is 1.41. The zero-order chi connectivity index (χ0) is 22.2. The number of thioether (sulfide) groups is 1. The number of methoxy groups -OCH3 is 1. The third-order valence-corrected chi connectivity index (χ3v) is 6.68. The number of rotatable bonds is 9. The largest absolute Gasteiger partial charge is 0.469 e. The number of carbonyl (C=O) groups is 1. The summed E-state index contributed by atoms with van der Waals surface area (Å²) in [6.45, 7) is 0.609. The van der Waals surface area contributed by atoms with Gasteiger partial charge in [-0.2, -0.15) is 0 Å². The van der Waals surface area contributed by atoms with Crippen molar-refractivity contribution in [3.05, 3.63) is 114 Å². The molecule has 0 unspecified atom stereocenters. The summed E-state index contributed by atoms with van der Waals surface area (Å²) in [4.78, 5) is 16.0. The minimum absolute atomic E-state index is 0.212. The van der Waals surface area contributed by atoms with Crippen molar-refractivity contribution in [2.24, 2.45) is 0 Å². The van der Waals surface area contributed by atoms with Gasteiger partial charge in [0.15, 0.2) is 0 Å². The molecule has 0 radical (unpaired) electrons. The first kappa shape index (κ1) is 21.8. The average Bonchev–Trinajstić information content (AvgIpc) is 3.31. The van der Waals surface area contributed by atoms with E-state index in [0.29, 0.717) is 24.5 Å². The van der Waals surface area contributed by atoms with Crippen LogP contribution in [0.3, 0.4) is 0 Å². The lowest BCUT2D eigenvalue weighted by Crippen LogP contribution is -2.25. The van der Waals surface area contributed by atoms with Gasteiger partial charge in [-0.1, -0.05) is 103 Å². The van der Waals surface area contributed by atoms with Crippen LogP contribution in [-0.2, 0) is 20.8 Å². The van der Waals surface area contributed by atoms with Crippen LogP contribution in [0.5, 0.6) is 0 Å². The summed E-state index contributed by atoms with van der Waals surface area (Å²) >= 11 is 1.63. The molecule has 0 saturated carbocycles. The van der Waals surface area contributed by atoms with Crippen LogP contribution in [0.25, 0.3) is 0 Å². The second-order valence-electron chi connectivity index (χ2n) is 7.35. The molecule has 0 amide bonds. The van der Waals surface area contributed by atoms with Crippen molar-refractivity contribution < 1.29 is 9.53 Å². The fourth-order valence-electron chi connectivity index (χ4n) is 3.75. The van der Waals surface area contributed by atoms with E-state index in [9.17, 15) is 4.79 Å². The van der Waals surface area contributed by atoms with Crippen molar-refractivity contribution >= 4 is 17.7 Å². The van der Waals surface area contributed by atoms with Gasteiger partial charge in [-0.3, -0.25) is 9.48 Å². The molecule has 0 aliphatic carbocycles. The summed E-state index contributed by atoms with van der Waals surface area (Å²) < 4.78 is 5.99. The Balaban J connectivity index is 1.73. The number of nitrogens with zero attached hydrogens (tertiary/aromatic N) is 3. The molecule has 0 bridgehead atoms. The highest BCUT2D eigenvalue weighted by Crippen LogP contribution is 2.50. The van der Waals surface area contributed by atoms with Gasteiger partial charge in [-0.05, 0) is 23.1 Å². The highest BCUT2D eigenvalue weighted by Gasteiger charge is 2.38. The number of ether oxygens (including phenoxy) is 1. The predicted molar refractivity (Wildman–Crippen MR) is 126 cm³/mol. The lowest BCUT2D eigenvalue weighted by atomic mass is 9.84. The minimum Gasteiger partial charge on any atom is -0.469 e. The van der Waals surface area contributed by atoms with Crippen molar-refractivity contribution in [2.75, 3.05) is 7.11 Å². The van der Waals surface area contributed by atoms with Crippen LogP contribution >= 0.6 is 11.8 Å². The third-order valence-electron chi connectivity index (χ3n) is 5.30. The van der Waals surface area contributed by atoms with E-state index in [0.717, 1.165) is 16.7 Å². The fourth-order valence-corrected chi connectivity index (χ4v) is 5.03. The number of benzene rings is 3. The van der Waals surface area contributed by atoms with Crippen LogP contribution in [0.1, 0.15) is 29.5 Å². The van der Waals surface area contributed by atoms with E-state index < -0.39 is 4.75 Å². The third kappa shape index (κ3) is 4.75. The molecule has 0 N–H and O–H groups in total. The number of aromatic nitrogens is 3. The van der Waals surface area contributed by atoms with E-state index in [1.165, 1.54) is 7.11 Å². The summed E-state index contributed by atoms with van der Waals surface area (Å²) in [6, 6.07) is 31.4. The molecule has 32 heavy (non-hydrogen) atoms. The van der Waals surface area contributed by atoms with Gasteiger partial charge in [0, 0.05) is 13.0 Å². The molecule has 0 fully saturated rings. The standard InChI is InChI=1S/C26H25N3O2S/c1-31-24(30)18-11-19-29-20-27-25(28-29)32-26(21-12-5-2-6-13-21,22-14-7-3-8-15-22)23-16-9-4-10-17-23/h2-10,12-17,20H,11,18-19H2,1H3. The van der Waals surface area contributed by atoms with Crippen LogP contribution in [0, 0.1) is 0 Å². The zero-order valence-corrected chi connectivity index (χ0v) is 18.7. The van der Waals surface area contributed by atoms with Crippen molar-refractivity contribution in [2.45, 2.75) is 29.3 Å². The first-order chi connectivity index (χ1) is 15.7. The Morgan fingerprint density at radius 2 is 1.38 bits per heavy atom. The Bertz CT molecular complexity index is 1030. The Morgan fingerprint density at radius 1 is 0.875 bits per heavy atom. The minimum atomic E-state index is -0.512. The van der Waals surface area contributed by atoms with E-state index in [2.05, 4.69) is 77.8 Å². The van der Waals surface area contributed by atoms with Crippen LogP contribution in [0.2, 0.25) is 0 Å². The molecule has 0 atom stereocenters. The molecule has 3 aromatic carbocycles. The van der Waals surface area contributed by atoms with E-state index in [1.807, 2.05) is 18.2 Å². The maximum Gasteiger partial charge on any atom is 0.305 e. The molecule has 0 aliphatic heterocycles. The van der Waals surface area contributed by atoms with Crippen molar-refractivity contribution in [3.63, 3.8) is 0 Å². The first-order valence-electron chi connectivity index (χ1n) is 10.5. The van der Waals surface area contributed by atoms with Crippen molar-refractivity contribution in [1.82, 2.24) is 14.8 Å². The topological polar surface area (TPSA) is 57.0 Å². The van der Waals surface area contributed by atoms with Crippen LogP contribution in [0.15, 0.2) is 102 Å². The highest BCUT2D eigenvalue weighted by atomic mass is 32.2. The van der Waals surface area contributed by atoms with Gasteiger partial charge in [0.1, 0.15) is 6.33 Å². The van der Waals surface area contributed by atoms with Gasteiger partial charge in [0.05, 0.1) is 11.9 Å². The number of carbonyl (C=O) groups excluding carboxylic acids is 1. The fraction of sp³-hybridized carbons (Fsp3) is 0.192. The monoisotopic (exact) mass is 443 g/mol. The highest BCUT2D eigenvalue weighted by molar-refractivity contribution is 8.00. The molecule has 162 valence electrons. The Labute approximate surface area is 192 Å². The van der Waals surface area contributed by atoms with E-state index in [1.54, 1.807) is 22.8 Å². The molecule has 1 heterocycles. The Kier molecular flexibility index (Phi) is 7.02. The van der Waals surface area contributed by atoms with Gasteiger partial charge in [0.2, 0.25) is 5.16 Å². The summed E-state index contributed by atoms with van der Waals surface area (Å²) in [5.74, 6) is -0.212. The molecule has 6 heteroatoms. The SMILES string of the molecule is COC(=O)CCCn1cnc(SC(c2ccccc2)(c2ccccc2)c2ccccc2)n1. The normalized spacial score (nSPS) is 11.3. The smallest absolute Gasteiger partial charge is 0.305 e. The first-order valence-corrected chi connectivity index (χ1v) is 11.4. The summed E-state index contributed by atoms with van der Waals surface area (Å²) in [5, 5.41) is 5.39. The number of aryl methyl sites for hydroxylation is 1. The molecule has 0 spiro atoms. The average molecular weight is 444 g/mol. The zero-order valence-electron chi connectivity index (χ0n) is 17.9. The number of hydrogen-bond acceptors (Lipinski definition) is 5. The maximum absolute atomic E-state index is 11.4. The van der Waals surface area contributed by atoms with E-state index in [-0.39, 0.29) is 5.97 Å². The summed E-state index contributed by atoms with van der Waals surface area (Å²) in [5.41, 5.74) is 3.47. The van der Waals surface area contributed by atoms with E-state index in [4.69, 9.17) is 9.84 Å². The molecule has 0 aliphatic rings. The van der Waals surface area contributed by atoms with Gasteiger partial charge in [-0.25, -0.2) is 4.98 Å². The molecule has 5 nitrogen and oxygen atoms in total. The maximum atomic E-state index is 11.4. The van der Waals surface area contributed by atoms with Crippen molar-refractivity contribution in [1.29, 1.82) is 0 Å². The van der Waals surface area contributed by atoms with E-state index >= 15 is 0 Å². The molecule has 4 rings (SSSR count). The van der Waals surface area contributed by atoms with Gasteiger partial charge in [-0.15, -0.1) is 5.10 Å². The number of hydrogen-bond donors (Lipinski definition) is 0. The number of esters is 1. The second kappa shape index (κ2) is 10.3. The second-order valence-corrected chi connectivity index (χ2v) is 8.53. The van der Waals surface area contributed by atoms with Crippen LogP contribution < -0.4 is 0 Å². The van der Waals surface area contributed by atoms with Gasteiger partial charge in [0.25, 0.3) is 0 Å². The van der Waals surface area contributed by atoms with Crippen molar-refractivity contribution in [3.8, 4) is 0 Å². The molecule has 1 aromatic heterocycles. The Morgan fingerprint density at radius 3 is 1.84 bits per heavy atom. The lowest BCUT2D eigenvalue weighted by Gasteiger charge is -2.34. The lowest BCUT2D eigenvalue weighted by molar-refractivity contribution is -0.140. The molecular formula is C26H25N3O2S. The quantitative estimate of drug-likeness (QED) is 0.199. The molecular weight excluding hydrogens is 418 g/mol. The van der Waals surface area contributed by atoms with Crippen LogP contribution in [-0.4, -0.2) is 27.8 Å². The molecule has 4 aromatic rings. The molecule has 0 saturated heterocycles. The van der Waals surface area contributed by atoms with Gasteiger partial charge < -0.3 is 4.74 Å². The van der Waals surface area contributed by atoms with Crippen LogP contribution in [0.4, 0.5) is 0 Å². The Hall–Kier alpha value is -3.38. The van der Waals surface area contributed by atoms with Gasteiger partial charge >= 0.3 is 5.97 Å². The predicted octanol–water partition coefficient (Wildman–Crippen LogP) is 5.32.